The van der Waals surface area contributed by atoms with Crippen molar-refractivity contribution in [1.82, 2.24) is 0 Å². The maximum absolute atomic E-state index is 5.95. The van der Waals surface area contributed by atoms with E-state index in [0.717, 1.165) is 38.9 Å². The molecule has 7 N–H and O–H groups in total. The number of quaternary nitrogens is 1. The largest absolute Gasteiger partial charge is 0.398 e. The molecule has 4 aromatic rings. The predicted molar refractivity (Wildman–Crippen MR) is 94.7 cm³/mol. The standard InChI is InChI=1S/C19H16N4/c20-12-9-13(21)11-14(10-12)22-19-15-5-1-3-7-17(15)23-18-8-4-2-6-16(18)19/h1-11H,20-21H2,(H,22,23)/p+2. The van der Waals surface area contributed by atoms with Gasteiger partial charge in [-0.15, -0.1) is 0 Å². The average Bonchev–Trinajstić information content (AvgIpc) is 2.54. The van der Waals surface area contributed by atoms with Crippen LogP contribution in [0.5, 0.6) is 0 Å². The summed E-state index contributed by atoms with van der Waals surface area (Å²) in [5.74, 6) is 0. The van der Waals surface area contributed by atoms with Crippen molar-refractivity contribution in [3.8, 4) is 0 Å². The van der Waals surface area contributed by atoms with Crippen LogP contribution in [0, 0.1) is 0 Å². The van der Waals surface area contributed by atoms with Crippen LogP contribution in [0.3, 0.4) is 0 Å². The maximum atomic E-state index is 5.95. The van der Waals surface area contributed by atoms with Gasteiger partial charge in [-0.1, -0.05) is 24.3 Å². The van der Waals surface area contributed by atoms with Crippen LogP contribution in [-0.4, -0.2) is 0 Å². The van der Waals surface area contributed by atoms with E-state index in [9.17, 15) is 0 Å². The van der Waals surface area contributed by atoms with Gasteiger partial charge >= 0.3 is 0 Å². The number of aromatic amines is 1. The molecule has 0 saturated carbocycles. The molecule has 1 heterocycles. The summed E-state index contributed by atoms with van der Waals surface area (Å²) < 4.78 is 0. The molecular weight excluding hydrogens is 284 g/mol. The third-order valence-corrected chi connectivity index (χ3v) is 3.95. The molecule has 0 fully saturated rings. The number of nitrogen functional groups attached to an aromatic ring is 1. The Morgan fingerprint density at radius 1 is 0.826 bits per heavy atom. The molecule has 0 amide bonds. The fourth-order valence-corrected chi connectivity index (χ4v) is 2.98. The molecule has 0 radical (unpaired) electrons. The summed E-state index contributed by atoms with van der Waals surface area (Å²) in [6, 6.07) is 22.3. The highest BCUT2D eigenvalue weighted by Gasteiger charge is 2.13. The summed E-state index contributed by atoms with van der Waals surface area (Å²) in [6.07, 6.45) is 0. The van der Waals surface area contributed by atoms with Gasteiger partial charge in [0.15, 0.2) is 0 Å². The van der Waals surface area contributed by atoms with E-state index in [1.165, 1.54) is 0 Å². The van der Waals surface area contributed by atoms with Crippen molar-refractivity contribution in [1.29, 1.82) is 0 Å². The zero-order valence-electron chi connectivity index (χ0n) is 12.6. The van der Waals surface area contributed by atoms with Gasteiger partial charge < -0.3 is 16.8 Å². The summed E-state index contributed by atoms with van der Waals surface area (Å²) in [5, 5.41) is 5.81. The molecule has 0 unspecified atom stereocenters. The minimum absolute atomic E-state index is 0.705. The Bertz CT molecular complexity index is 950. The topological polar surface area (TPSA) is 79.8 Å². The third kappa shape index (κ3) is 2.45. The fourth-order valence-electron chi connectivity index (χ4n) is 2.98. The van der Waals surface area contributed by atoms with Gasteiger partial charge in [0.1, 0.15) is 5.69 Å². The van der Waals surface area contributed by atoms with E-state index in [1.807, 2.05) is 42.5 Å². The number of nitrogens with two attached hydrogens (primary N) is 1. The Labute approximate surface area is 133 Å². The van der Waals surface area contributed by atoms with Crippen LogP contribution in [0.1, 0.15) is 0 Å². The Kier molecular flexibility index (Phi) is 3.10. The molecule has 3 aromatic carbocycles. The number of rotatable bonds is 2. The monoisotopic (exact) mass is 302 g/mol. The van der Waals surface area contributed by atoms with Gasteiger partial charge in [-0.2, -0.15) is 0 Å². The normalized spacial score (nSPS) is 11.0. The van der Waals surface area contributed by atoms with Crippen molar-refractivity contribution in [2.45, 2.75) is 0 Å². The van der Waals surface area contributed by atoms with Crippen molar-refractivity contribution >= 4 is 44.6 Å². The minimum Gasteiger partial charge on any atom is -0.398 e. The number of H-pyrrole nitrogens is 1. The van der Waals surface area contributed by atoms with Crippen LogP contribution in [0.2, 0.25) is 0 Å². The van der Waals surface area contributed by atoms with Gasteiger partial charge in [-0.05, 0) is 18.2 Å². The summed E-state index contributed by atoms with van der Waals surface area (Å²) >= 11 is 0. The summed E-state index contributed by atoms with van der Waals surface area (Å²) in [4.78, 5) is 3.48. The first-order chi connectivity index (χ1) is 11.2. The van der Waals surface area contributed by atoms with Crippen LogP contribution in [0.4, 0.5) is 22.7 Å². The van der Waals surface area contributed by atoms with Gasteiger partial charge in [0.25, 0.3) is 0 Å². The smallest absolute Gasteiger partial charge is 0.213 e. The number of para-hydroxylation sites is 2. The predicted octanol–water partition coefficient (Wildman–Crippen LogP) is 3.01. The molecule has 0 atom stereocenters. The van der Waals surface area contributed by atoms with E-state index in [0.29, 0.717) is 5.69 Å². The Hall–Kier alpha value is -3.11. The second-order valence-electron chi connectivity index (χ2n) is 5.68. The molecule has 0 aliphatic heterocycles. The van der Waals surface area contributed by atoms with E-state index in [-0.39, 0.29) is 0 Å². The van der Waals surface area contributed by atoms with Crippen LogP contribution < -0.4 is 21.8 Å². The van der Waals surface area contributed by atoms with Gasteiger partial charge in [0.2, 0.25) is 11.0 Å². The molecule has 4 heteroatoms. The Morgan fingerprint density at radius 2 is 1.43 bits per heavy atom. The number of benzene rings is 3. The van der Waals surface area contributed by atoms with Gasteiger partial charge in [-0.25, -0.2) is 4.98 Å². The first-order valence-electron chi connectivity index (χ1n) is 7.53. The number of fused-ring (bicyclic) bond motifs is 2. The van der Waals surface area contributed by atoms with Crippen LogP contribution >= 0.6 is 0 Å². The quantitative estimate of drug-likeness (QED) is 0.393. The zero-order valence-corrected chi connectivity index (χ0v) is 12.6. The highest BCUT2D eigenvalue weighted by molar-refractivity contribution is 6.06. The fraction of sp³-hybridized carbons (Fsp3) is 0. The molecule has 23 heavy (non-hydrogen) atoms. The van der Waals surface area contributed by atoms with Crippen molar-refractivity contribution in [3.05, 3.63) is 66.7 Å². The first kappa shape index (κ1) is 13.5. The Morgan fingerprint density at radius 3 is 2.04 bits per heavy atom. The van der Waals surface area contributed by atoms with Gasteiger partial charge in [-0.3, -0.25) is 0 Å². The number of hydrogen-bond donors (Lipinski definition) is 3. The lowest BCUT2D eigenvalue weighted by Gasteiger charge is -2.11. The van der Waals surface area contributed by atoms with E-state index in [1.54, 1.807) is 0 Å². The number of nitrogens with one attached hydrogen (secondary N) is 2. The number of anilines is 3. The molecule has 1 aromatic heterocycles. The van der Waals surface area contributed by atoms with Crippen LogP contribution in [0.15, 0.2) is 66.7 Å². The van der Waals surface area contributed by atoms with Crippen molar-refractivity contribution in [2.75, 3.05) is 11.1 Å². The van der Waals surface area contributed by atoms with Gasteiger partial charge in [0, 0.05) is 35.6 Å². The average molecular weight is 302 g/mol. The maximum Gasteiger partial charge on any atom is 0.213 e. The summed E-state index contributed by atoms with van der Waals surface area (Å²) in [6.45, 7) is 0. The molecule has 0 aliphatic carbocycles. The van der Waals surface area contributed by atoms with Crippen molar-refractivity contribution in [3.63, 3.8) is 0 Å². The molecule has 0 aliphatic rings. The lowest BCUT2D eigenvalue weighted by Crippen LogP contribution is -2.40. The SMILES string of the molecule is Nc1cc([NH3+])cc(Nc2c3ccccc3[nH+]c3ccccc23)c1. The molecule has 112 valence electrons. The van der Waals surface area contributed by atoms with Gasteiger partial charge in [0.05, 0.1) is 16.5 Å². The second-order valence-corrected chi connectivity index (χ2v) is 5.68. The molecule has 0 saturated heterocycles. The highest BCUT2D eigenvalue weighted by atomic mass is 14.9. The number of hydrogen-bond acceptors (Lipinski definition) is 2. The van der Waals surface area contributed by atoms with Crippen LogP contribution in [-0.2, 0) is 0 Å². The number of aromatic nitrogens is 1. The lowest BCUT2D eigenvalue weighted by atomic mass is 10.1. The first-order valence-corrected chi connectivity index (χ1v) is 7.53. The lowest BCUT2D eigenvalue weighted by molar-refractivity contribution is -0.310. The van der Waals surface area contributed by atoms with E-state index >= 15 is 0 Å². The van der Waals surface area contributed by atoms with E-state index < -0.39 is 0 Å². The molecule has 4 nitrogen and oxygen atoms in total. The summed E-state index contributed by atoms with van der Waals surface area (Å²) in [5.41, 5.74) is 15.7. The highest BCUT2D eigenvalue weighted by Crippen LogP contribution is 2.32. The van der Waals surface area contributed by atoms with E-state index in [4.69, 9.17) is 5.73 Å². The third-order valence-electron chi connectivity index (χ3n) is 3.95. The van der Waals surface area contributed by atoms with E-state index in [2.05, 4.69) is 40.3 Å². The van der Waals surface area contributed by atoms with Crippen molar-refractivity contribution < 1.29 is 10.7 Å². The van der Waals surface area contributed by atoms with Crippen LogP contribution in [0.25, 0.3) is 21.8 Å². The second kappa shape index (κ2) is 5.26. The molecule has 0 spiro atoms. The minimum atomic E-state index is 0.705. The zero-order chi connectivity index (χ0) is 15.8. The molecule has 0 bridgehead atoms. The summed E-state index contributed by atoms with van der Waals surface area (Å²) in [7, 11) is 0. The molecular formula is C19H18N4+2. The van der Waals surface area contributed by atoms with Crippen molar-refractivity contribution in [2.24, 2.45) is 0 Å². The number of pyridine rings is 1. The Balaban J connectivity index is 1.99. The molecule has 4 rings (SSSR count).